The lowest BCUT2D eigenvalue weighted by atomic mass is 10.0. The van der Waals surface area contributed by atoms with Crippen molar-refractivity contribution < 1.29 is 9.90 Å². The number of nitrogens with zero attached hydrogens (tertiary/aromatic N) is 2. The maximum Gasteiger partial charge on any atom is 0.254 e. The molecule has 31 heavy (non-hydrogen) atoms. The summed E-state index contributed by atoms with van der Waals surface area (Å²) < 4.78 is 0. The largest absolute Gasteiger partial charge is 0.506 e. The number of nitrogens with one attached hydrogen (secondary N) is 1. The van der Waals surface area contributed by atoms with E-state index in [2.05, 4.69) is 48.3 Å². The fourth-order valence-electron chi connectivity index (χ4n) is 4.23. The number of halogens is 1. The number of carbonyl (C=O) groups excluding carboxylic acids is 1. The molecule has 0 aromatic heterocycles. The van der Waals surface area contributed by atoms with E-state index in [1.54, 1.807) is 12.1 Å². The van der Waals surface area contributed by atoms with Crippen molar-refractivity contribution in [3.05, 3.63) is 64.2 Å². The molecule has 0 radical (unpaired) electrons. The average molecular weight is 444 g/mol. The van der Waals surface area contributed by atoms with Gasteiger partial charge in [0.15, 0.2) is 0 Å². The summed E-state index contributed by atoms with van der Waals surface area (Å²) in [5.41, 5.74) is 2.93. The quantitative estimate of drug-likeness (QED) is 0.515. The van der Waals surface area contributed by atoms with Gasteiger partial charge in [0.05, 0.1) is 11.1 Å². The van der Waals surface area contributed by atoms with Crippen LogP contribution in [0.2, 0.25) is 5.02 Å². The number of amides is 1. The van der Waals surface area contributed by atoms with Gasteiger partial charge >= 0.3 is 0 Å². The van der Waals surface area contributed by atoms with E-state index >= 15 is 0 Å². The number of likely N-dealkylation sites (N-methyl/N-ethyl adjacent to an activating group) is 1. The average Bonchev–Trinajstić information content (AvgIpc) is 3.27. The molecule has 2 aromatic rings. The Morgan fingerprint density at radius 3 is 2.65 bits per heavy atom. The smallest absolute Gasteiger partial charge is 0.254 e. The van der Waals surface area contributed by atoms with E-state index in [-0.39, 0.29) is 22.7 Å². The molecule has 1 aliphatic heterocycles. The normalized spacial score (nSPS) is 16.3. The number of rotatable bonds is 10. The Hall–Kier alpha value is -2.08. The number of phenolic OH excluding ortho intramolecular Hbond substituents is 1. The Kier molecular flexibility index (Phi) is 8.76. The lowest BCUT2D eigenvalue weighted by molar-refractivity contribution is 0.0735. The predicted octanol–water partition coefficient (Wildman–Crippen LogP) is 4.84. The molecule has 0 spiro atoms. The van der Waals surface area contributed by atoms with Crippen LogP contribution in [-0.4, -0.2) is 53.5 Å². The minimum Gasteiger partial charge on any atom is -0.506 e. The first-order chi connectivity index (χ1) is 15.0. The Labute approximate surface area is 191 Å². The van der Waals surface area contributed by atoms with Gasteiger partial charge in [-0.2, -0.15) is 0 Å². The van der Waals surface area contributed by atoms with E-state index in [0.717, 1.165) is 52.1 Å². The molecule has 1 saturated heterocycles. The molecule has 1 amide bonds. The van der Waals surface area contributed by atoms with Crippen LogP contribution in [0.1, 0.15) is 60.6 Å². The molecule has 1 aliphatic rings. The van der Waals surface area contributed by atoms with Gasteiger partial charge in [0.2, 0.25) is 0 Å². The van der Waals surface area contributed by atoms with E-state index in [0.29, 0.717) is 5.56 Å². The Morgan fingerprint density at radius 2 is 1.97 bits per heavy atom. The fraction of sp³-hybridized carbons (Fsp3) is 0.480. The summed E-state index contributed by atoms with van der Waals surface area (Å²) in [6, 6.07) is 13.3. The molecular weight excluding hydrogens is 410 g/mol. The Morgan fingerprint density at radius 1 is 1.19 bits per heavy atom. The SMILES string of the molecule is CCCN(CC)CCNCc1ccc(C2CCCN2C(=O)c2ccc(O)c(Cl)c2)cc1. The molecule has 0 bridgehead atoms. The first-order valence-corrected chi connectivity index (χ1v) is 11.7. The summed E-state index contributed by atoms with van der Waals surface area (Å²) in [5.74, 6) is -0.0455. The lowest BCUT2D eigenvalue weighted by Gasteiger charge is -2.25. The van der Waals surface area contributed by atoms with Crippen molar-refractivity contribution in [3.63, 3.8) is 0 Å². The minimum atomic E-state index is -0.0392. The summed E-state index contributed by atoms with van der Waals surface area (Å²) in [6.07, 6.45) is 3.13. The van der Waals surface area contributed by atoms with E-state index < -0.39 is 0 Å². The molecule has 1 heterocycles. The number of carbonyl (C=O) groups is 1. The third kappa shape index (κ3) is 6.22. The highest BCUT2D eigenvalue weighted by atomic mass is 35.5. The van der Waals surface area contributed by atoms with Gasteiger partial charge in [0, 0.05) is 31.7 Å². The van der Waals surface area contributed by atoms with Crippen LogP contribution in [0.4, 0.5) is 0 Å². The zero-order valence-corrected chi connectivity index (χ0v) is 19.4. The standard InChI is InChI=1S/C25H34ClN3O2/c1-3-14-28(4-2)16-13-27-18-19-7-9-20(10-8-19)23-6-5-15-29(23)25(31)21-11-12-24(30)22(26)17-21/h7-12,17,23,27,30H,3-6,13-16,18H2,1-2H3. The highest BCUT2D eigenvalue weighted by Gasteiger charge is 2.30. The second-order valence-corrected chi connectivity index (χ2v) is 8.58. The van der Waals surface area contributed by atoms with Crippen molar-refractivity contribution in [2.45, 2.75) is 45.7 Å². The molecule has 168 valence electrons. The van der Waals surface area contributed by atoms with Crippen LogP contribution in [-0.2, 0) is 6.54 Å². The van der Waals surface area contributed by atoms with Crippen LogP contribution in [0.5, 0.6) is 5.75 Å². The summed E-state index contributed by atoms with van der Waals surface area (Å²) in [5, 5.41) is 13.4. The summed E-state index contributed by atoms with van der Waals surface area (Å²) in [4.78, 5) is 17.4. The second-order valence-electron chi connectivity index (χ2n) is 8.18. The molecular formula is C25H34ClN3O2. The number of benzene rings is 2. The Bertz CT molecular complexity index is 856. The van der Waals surface area contributed by atoms with Crippen LogP contribution in [0.3, 0.4) is 0 Å². The zero-order valence-electron chi connectivity index (χ0n) is 18.6. The maximum absolute atomic E-state index is 13.0. The monoisotopic (exact) mass is 443 g/mol. The van der Waals surface area contributed by atoms with Gasteiger partial charge in [-0.05, 0) is 61.7 Å². The van der Waals surface area contributed by atoms with Gasteiger partial charge in [0.25, 0.3) is 5.91 Å². The van der Waals surface area contributed by atoms with Crippen molar-refractivity contribution in [3.8, 4) is 5.75 Å². The van der Waals surface area contributed by atoms with Crippen molar-refractivity contribution in [1.29, 1.82) is 0 Å². The third-order valence-electron chi connectivity index (χ3n) is 5.99. The van der Waals surface area contributed by atoms with Gasteiger partial charge in [-0.3, -0.25) is 4.79 Å². The van der Waals surface area contributed by atoms with Crippen LogP contribution < -0.4 is 5.32 Å². The van der Waals surface area contributed by atoms with Gasteiger partial charge in [-0.25, -0.2) is 0 Å². The van der Waals surface area contributed by atoms with Crippen molar-refractivity contribution in [2.75, 3.05) is 32.7 Å². The maximum atomic E-state index is 13.0. The number of hydrogen-bond donors (Lipinski definition) is 2. The molecule has 2 aromatic carbocycles. The zero-order chi connectivity index (χ0) is 22.2. The molecule has 6 heteroatoms. The minimum absolute atomic E-state index is 0.00634. The second kappa shape index (κ2) is 11.5. The summed E-state index contributed by atoms with van der Waals surface area (Å²) in [7, 11) is 0. The van der Waals surface area contributed by atoms with E-state index in [9.17, 15) is 9.90 Å². The molecule has 5 nitrogen and oxygen atoms in total. The van der Waals surface area contributed by atoms with Gasteiger partial charge in [-0.15, -0.1) is 0 Å². The summed E-state index contributed by atoms with van der Waals surface area (Å²) in [6.45, 7) is 10.3. The highest BCUT2D eigenvalue weighted by Crippen LogP contribution is 2.34. The van der Waals surface area contributed by atoms with Crippen LogP contribution in [0, 0.1) is 0 Å². The molecule has 1 unspecified atom stereocenters. The van der Waals surface area contributed by atoms with Crippen LogP contribution >= 0.6 is 11.6 Å². The Balaban J connectivity index is 1.57. The number of aromatic hydroxyl groups is 1. The molecule has 0 aliphatic carbocycles. The van der Waals surface area contributed by atoms with E-state index in [1.807, 2.05) is 4.90 Å². The van der Waals surface area contributed by atoms with Gasteiger partial charge < -0.3 is 20.2 Å². The summed E-state index contributed by atoms with van der Waals surface area (Å²) >= 11 is 6.00. The van der Waals surface area contributed by atoms with Gasteiger partial charge in [-0.1, -0.05) is 49.7 Å². The number of phenols is 1. The van der Waals surface area contributed by atoms with E-state index in [4.69, 9.17) is 11.6 Å². The molecule has 1 fully saturated rings. The number of hydrogen-bond acceptors (Lipinski definition) is 4. The molecule has 1 atom stereocenters. The lowest BCUT2D eigenvalue weighted by Crippen LogP contribution is -2.32. The number of likely N-dealkylation sites (tertiary alicyclic amines) is 1. The van der Waals surface area contributed by atoms with Crippen LogP contribution in [0.15, 0.2) is 42.5 Å². The van der Waals surface area contributed by atoms with Crippen molar-refractivity contribution >= 4 is 17.5 Å². The first-order valence-electron chi connectivity index (χ1n) is 11.3. The molecule has 3 rings (SSSR count). The fourth-order valence-corrected chi connectivity index (χ4v) is 4.41. The molecule has 2 N–H and O–H groups in total. The topological polar surface area (TPSA) is 55.8 Å². The highest BCUT2D eigenvalue weighted by molar-refractivity contribution is 6.32. The van der Waals surface area contributed by atoms with Gasteiger partial charge in [0.1, 0.15) is 5.75 Å². The molecule has 0 saturated carbocycles. The van der Waals surface area contributed by atoms with Crippen LogP contribution in [0.25, 0.3) is 0 Å². The van der Waals surface area contributed by atoms with E-state index in [1.165, 1.54) is 23.6 Å². The third-order valence-corrected chi connectivity index (χ3v) is 6.30. The van der Waals surface area contributed by atoms with Crippen molar-refractivity contribution in [1.82, 2.24) is 15.1 Å². The first kappa shape index (κ1) is 23.6. The van der Waals surface area contributed by atoms with Crippen molar-refractivity contribution in [2.24, 2.45) is 0 Å². The predicted molar refractivity (Wildman–Crippen MR) is 127 cm³/mol.